The van der Waals surface area contributed by atoms with Crippen molar-refractivity contribution >= 4 is 35.5 Å². The number of benzene rings is 1. The molecular weight excluding hydrogens is 436 g/mol. The van der Waals surface area contributed by atoms with Crippen molar-refractivity contribution in [1.29, 1.82) is 0 Å². The van der Waals surface area contributed by atoms with Crippen LogP contribution >= 0.6 is 11.8 Å². The van der Waals surface area contributed by atoms with Gasteiger partial charge in [0.15, 0.2) is 6.04 Å². The van der Waals surface area contributed by atoms with Gasteiger partial charge in [0, 0.05) is 0 Å². The zero-order valence-corrected chi connectivity index (χ0v) is 19.2. The molecule has 0 radical (unpaired) electrons. The molecule has 0 spiro atoms. The van der Waals surface area contributed by atoms with Gasteiger partial charge in [-0.15, -0.1) is 0 Å². The highest BCUT2D eigenvalue weighted by atomic mass is 32.2. The first kappa shape index (κ1) is 27.4. The lowest BCUT2D eigenvalue weighted by Gasteiger charge is -2.24. The molecule has 0 aliphatic rings. The predicted octanol–water partition coefficient (Wildman–Crippen LogP) is -0.751. The van der Waals surface area contributed by atoms with Crippen LogP contribution in [0.15, 0.2) is 30.3 Å². The van der Waals surface area contributed by atoms with Gasteiger partial charge in [-0.25, -0.2) is 4.79 Å². The first-order valence-corrected chi connectivity index (χ1v) is 11.6. The topological polar surface area (TPSA) is 171 Å². The smallest absolute Gasteiger partial charge is 0.328 e. The number of nitrogens with one attached hydrogen (secondary N) is 3. The van der Waals surface area contributed by atoms with E-state index in [-0.39, 0.29) is 0 Å². The summed E-state index contributed by atoms with van der Waals surface area (Å²) in [6.07, 6.45) is 1.16. The third-order valence-electron chi connectivity index (χ3n) is 4.68. The zero-order valence-electron chi connectivity index (χ0n) is 18.4. The van der Waals surface area contributed by atoms with E-state index in [0.29, 0.717) is 18.6 Å². The standard InChI is InChI=1S/C21H32N4O6S/c1-12(18(27)25-17(13(2)26)21(30)31)23-20(29)16(9-10-32-3)24-19(28)15(22)11-14-7-5-4-6-8-14/h4-8,12-13,15-17,26H,9-11,22H2,1-3H3,(H,23,29)(H,24,28)(H,25,27)(H,30,31). The number of aliphatic hydroxyl groups is 1. The molecule has 0 saturated heterocycles. The Bertz CT molecular complexity index is 777. The van der Waals surface area contributed by atoms with Gasteiger partial charge in [0.05, 0.1) is 12.1 Å². The molecule has 1 aromatic rings. The fraction of sp³-hybridized carbons (Fsp3) is 0.524. The maximum absolute atomic E-state index is 12.7. The number of hydrogen-bond donors (Lipinski definition) is 6. The lowest BCUT2D eigenvalue weighted by molar-refractivity contribution is -0.145. The Kier molecular flexibility index (Phi) is 11.7. The monoisotopic (exact) mass is 468 g/mol. The second kappa shape index (κ2) is 13.7. The fourth-order valence-corrected chi connectivity index (χ4v) is 3.26. The highest BCUT2D eigenvalue weighted by Gasteiger charge is 2.29. The van der Waals surface area contributed by atoms with Crippen LogP contribution in [0, 0.1) is 0 Å². The second-order valence-corrected chi connectivity index (χ2v) is 8.42. The maximum atomic E-state index is 12.7. The average molecular weight is 469 g/mol. The van der Waals surface area contributed by atoms with Gasteiger partial charge in [-0.3, -0.25) is 14.4 Å². The number of rotatable bonds is 13. The van der Waals surface area contributed by atoms with Crippen LogP contribution in [0.25, 0.3) is 0 Å². The molecule has 1 aromatic carbocycles. The Morgan fingerprint density at radius 3 is 2.16 bits per heavy atom. The van der Waals surface area contributed by atoms with Crippen LogP contribution in [0.1, 0.15) is 25.8 Å². The van der Waals surface area contributed by atoms with Crippen molar-refractivity contribution in [3.05, 3.63) is 35.9 Å². The van der Waals surface area contributed by atoms with Crippen molar-refractivity contribution in [3.8, 4) is 0 Å². The van der Waals surface area contributed by atoms with Crippen LogP contribution in [-0.4, -0.2) is 76.2 Å². The summed E-state index contributed by atoms with van der Waals surface area (Å²) in [6.45, 7) is 2.61. The number of carbonyl (C=O) groups excluding carboxylic acids is 3. The molecule has 0 saturated carbocycles. The lowest BCUT2D eigenvalue weighted by atomic mass is 10.1. The predicted molar refractivity (Wildman–Crippen MR) is 122 cm³/mol. The number of hydrogen-bond acceptors (Lipinski definition) is 7. The lowest BCUT2D eigenvalue weighted by Crippen LogP contribution is -2.57. The van der Waals surface area contributed by atoms with Gasteiger partial charge in [-0.2, -0.15) is 11.8 Å². The summed E-state index contributed by atoms with van der Waals surface area (Å²) in [7, 11) is 0. The number of nitrogens with two attached hydrogens (primary N) is 1. The van der Waals surface area contributed by atoms with E-state index < -0.39 is 54.0 Å². The summed E-state index contributed by atoms with van der Waals surface area (Å²) in [5.74, 6) is -2.68. The van der Waals surface area contributed by atoms with E-state index in [1.54, 1.807) is 0 Å². The first-order valence-electron chi connectivity index (χ1n) is 10.2. The highest BCUT2D eigenvalue weighted by Crippen LogP contribution is 2.05. The van der Waals surface area contributed by atoms with E-state index in [1.807, 2.05) is 36.6 Å². The Morgan fingerprint density at radius 2 is 1.62 bits per heavy atom. The summed E-state index contributed by atoms with van der Waals surface area (Å²) < 4.78 is 0. The molecule has 0 bridgehead atoms. The van der Waals surface area contributed by atoms with Crippen LogP contribution in [0.4, 0.5) is 0 Å². The molecule has 5 atom stereocenters. The first-order chi connectivity index (χ1) is 15.1. The van der Waals surface area contributed by atoms with Gasteiger partial charge < -0.3 is 31.9 Å². The number of amides is 3. The van der Waals surface area contributed by atoms with Crippen LogP contribution in [-0.2, 0) is 25.6 Å². The van der Waals surface area contributed by atoms with E-state index in [1.165, 1.54) is 25.6 Å². The summed E-state index contributed by atoms with van der Waals surface area (Å²) >= 11 is 1.49. The van der Waals surface area contributed by atoms with Gasteiger partial charge in [-0.05, 0) is 44.3 Å². The number of carboxylic acids is 1. The molecule has 0 fully saturated rings. The van der Waals surface area contributed by atoms with Crippen LogP contribution < -0.4 is 21.7 Å². The molecule has 7 N–H and O–H groups in total. The number of thioether (sulfide) groups is 1. The maximum Gasteiger partial charge on any atom is 0.328 e. The Morgan fingerprint density at radius 1 is 1.00 bits per heavy atom. The van der Waals surface area contributed by atoms with Gasteiger partial charge in [0.2, 0.25) is 17.7 Å². The van der Waals surface area contributed by atoms with Crippen LogP contribution in [0.3, 0.4) is 0 Å². The molecule has 10 nitrogen and oxygen atoms in total. The van der Waals surface area contributed by atoms with Gasteiger partial charge in [-0.1, -0.05) is 30.3 Å². The Labute approximate surface area is 191 Å². The average Bonchev–Trinajstić information content (AvgIpc) is 2.74. The summed E-state index contributed by atoms with van der Waals surface area (Å²) in [4.78, 5) is 48.7. The van der Waals surface area contributed by atoms with Gasteiger partial charge >= 0.3 is 5.97 Å². The fourth-order valence-electron chi connectivity index (χ4n) is 2.79. The largest absolute Gasteiger partial charge is 0.480 e. The molecule has 11 heteroatoms. The molecule has 3 amide bonds. The third kappa shape index (κ3) is 9.25. The molecule has 178 valence electrons. The summed E-state index contributed by atoms with van der Waals surface area (Å²) in [5, 5.41) is 25.9. The second-order valence-electron chi connectivity index (χ2n) is 7.43. The third-order valence-corrected chi connectivity index (χ3v) is 5.32. The number of carboxylic acid groups (broad SMARTS) is 1. The molecule has 5 unspecified atom stereocenters. The molecule has 0 heterocycles. The minimum Gasteiger partial charge on any atom is -0.480 e. The van der Waals surface area contributed by atoms with Crippen molar-refractivity contribution in [2.45, 2.75) is 57.0 Å². The van der Waals surface area contributed by atoms with Gasteiger partial charge in [0.1, 0.15) is 12.1 Å². The van der Waals surface area contributed by atoms with E-state index in [4.69, 9.17) is 10.8 Å². The SMILES string of the molecule is CSCCC(NC(=O)C(N)Cc1ccccc1)C(=O)NC(C)C(=O)NC(C(=O)O)C(C)O. The van der Waals surface area contributed by atoms with E-state index in [2.05, 4.69) is 16.0 Å². The molecule has 0 aliphatic carbocycles. The molecular formula is C21H32N4O6S. The van der Waals surface area contributed by atoms with Gasteiger partial charge in [0.25, 0.3) is 0 Å². The van der Waals surface area contributed by atoms with E-state index >= 15 is 0 Å². The van der Waals surface area contributed by atoms with Crippen molar-refractivity contribution in [1.82, 2.24) is 16.0 Å². The summed E-state index contributed by atoms with van der Waals surface area (Å²) in [5.41, 5.74) is 6.88. The Balaban J connectivity index is 2.74. The van der Waals surface area contributed by atoms with Crippen molar-refractivity contribution in [3.63, 3.8) is 0 Å². The Hall–Kier alpha value is -2.63. The minimum absolute atomic E-state index is 0.304. The molecule has 0 aromatic heterocycles. The van der Waals surface area contributed by atoms with E-state index in [0.717, 1.165) is 5.56 Å². The highest BCUT2D eigenvalue weighted by molar-refractivity contribution is 7.98. The number of aliphatic hydroxyl groups excluding tert-OH is 1. The normalized spacial score (nSPS) is 15.5. The van der Waals surface area contributed by atoms with Crippen LogP contribution in [0.5, 0.6) is 0 Å². The van der Waals surface area contributed by atoms with Crippen LogP contribution in [0.2, 0.25) is 0 Å². The quantitative estimate of drug-likeness (QED) is 0.219. The van der Waals surface area contributed by atoms with Crippen molar-refractivity contribution < 1.29 is 29.4 Å². The van der Waals surface area contributed by atoms with Crippen molar-refractivity contribution in [2.75, 3.05) is 12.0 Å². The molecule has 0 aliphatic heterocycles. The zero-order chi connectivity index (χ0) is 24.3. The van der Waals surface area contributed by atoms with Crippen molar-refractivity contribution in [2.24, 2.45) is 5.73 Å². The minimum atomic E-state index is -1.51. The number of aliphatic carboxylic acids is 1. The molecule has 1 rings (SSSR count). The van der Waals surface area contributed by atoms with E-state index in [9.17, 15) is 24.3 Å². The number of carbonyl (C=O) groups is 4. The summed E-state index contributed by atoms with van der Waals surface area (Å²) in [6, 6.07) is 4.87. The molecule has 32 heavy (non-hydrogen) atoms.